The number of hydrogen-bond acceptors (Lipinski definition) is 7. The molecule has 11 heteroatoms. The average molecular weight is 652 g/mol. The largest absolute Gasteiger partial charge is 0.415 e. The number of carbonyl (C=O) groups excluding carboxylic acids is 3. The maximum Gasteiger partial charge on any atom is 0.415 e. The predicted octanol–water partition coefficient (Wildman–Crippen LogP) is 6.02. The van der Waals surface area contributed by atoms with E-state index in [1.54, 1.807) is 12.1 Å². The van der Waals surface area contributed by atoms with Crippen LogP contribution < -0.4 is 15.4 Å². The number of nitrogens with zero attached hydrogens (tertiary/aromatic N) is 3. The van der Waals surface area contributed by atoms with Crippen molar-refractivity contribution in [3.63, 3.8) is 0 Å². The second-order valence-corrected chi connectivity index (χ2v) is 13.5. The third-order valence-electron chi connectivity index (χ3n) is 9.30. The van der Waals surface area contributed by atoms with Gasteiger partial charge in [-0.05, 0) is 60.9 Å². The molecule has 2 N–H and O–H groups in total. The highest BCUT2D eigenvalue weighted by molar-refractivity contribution is 7.09. The van der Waals surface area contributed by atoms with Gasteiger partial charge in [0.1, 0.15) is 17.4 Å². The minimum Gasteiger partial charge on any atom is -0.408 e. The maximum atomic E-state index is 14.6. The van der Waals surface area contributed by atoms with Gasteiger partial charge in [0.05, 0.1) is 19.1 Å². The first-order chi connectivity index (χ1) is 23.1. The van der Waals surface area contributed by atoms with E-state index in [9.17, 15) is 20.1 Å². The van der Waals surface area contributed by atoms with Crippen LogP contribution in [0.1, 0.15) is 78.2 Å². The lowest BCUT2D eigenvalue weighted by molar-refractivity contribution is -0.145. The number of hydrogen-bond donors (Lipinski definition) is 2. The molecule has 0 spiro atoms. The number of nitrogens with one attached hydrogen (secondary N) is 2. The van der Waals surface area contributed by atoms with Crippen molar-refractivity contribution in [2.75, 3.05) is 19.6 Å². The van der Waals surface area contributed by atoms with Gasteiger partial charge in [0.2, 0.25) is 11.8 Å². The summed E-state index contributed by atoms with van der Waals surface area (Å²) in [4.78, 5) is 50.0. The predicted molar refractivity (Wildman–Crippen MR) is 176 cm³/mol. The lowest BCUT2D eigenvalue weighted by Crippen LogP contribution is -2.64. The molecule has 0 radical (unpaired) electrons. The minimum absolute atomic E-state index is 0.0710. The fourth-order valence-electron chi connectivity index (χ4n) is 6.81. The van der Waals surface area contributed by atoms with Crippen molar-refractivity contribution in [2.24, 2.45) is 5.89 Å². The Balaban J connectivity index is 1.24. The van der Waals surface area contributed by atoms with Gasteiger partial charge < -0.3 is 25.2 Å². The number of piperazine rings is 1. The summed E-state index contributed by atoms with van der Waals surface area (Å²) < 4.78 is 38.5. The molecule has 1 aromatic carbocycles. The molecule has 3 aliphatic rings. The van der Waals surface area contributed by atoms with Crippen LogP contribution in [-0.2, 0) is 16.1 Å². The summed E-state index contributed by atoms with van der Waals surface area (Å²) in [5.74, 6) is -1.90. The van der Waals surface area contributed by atoms with E-state index in [2.05, 4.69) is 15.6 Å². The van der Waals surface area contributed by atoms with Gasteiger partial charge in [-0.25, -0.2) is 9.18 Å². The molecule has 246 valence electrons. The number of rotatable bonds is 9. The standard InChI is InChI=1S/C35H44FN5O4S/c36-28-15-16-31(32-27(28)14-7-17-37-32)45-35(44)40-18-19-41(30(23-40)33(42)38-22-26-13-8-20-46-26)34(43)29(21-24-9-3-1-4-10-24)39-25-11-5-2-6-12-25/h7-8,13-17,20,24-25,29-30,39H,1-6,9-12,18-19,21-23H2,(H,38,42)/t29-,30-/m0/s1/i24D,25D. The lowest BCUT2D eigenvalue weighted by atomic mass is 9.83. The van der Waals surface area contributed by atoms with Crippen LogP contribution in [0, 0.1) is 11.7 Å². The van der Waals surface area contributed by atoms with E-state index in [0.717, 1.165) is 43.4 Å². The summed E-state index contributed by atoms with van der Waals surface area (Å²) in [6.07, 6.45) is 9.46. The molecule has 2 aromatic heterocycles. The molecule has 3 heterocycles. The fourth-order valence-corrected chi connectivity index (χ4v) is 7.45. The number of pyridine rings is 1. The van der Waals surface area contributed by atoms with Crippen LogP contribution in [0.25, 0.3) is 10.9 Å². The van der Waals surface area contributed by atoms with Gasteiger partial charge in [-0.2, -0.15) is 0 Å². The normalized spacial score (nSPS) is 22.4. The summed E-state index contributed by atoms with van der Waals surface area (Å²) >= 11 is 1.51. The van der Waals surface area contributed by atoms with Crippen molar-refractivity contribution >= 4 is 40.1 Å². The van der Waals surface area contributed by atoms with Crippen molar-refractivity contribution in [1.82, 2.24) is 25.4 Å². The molecule has 9 nitrogen and oxygen atoms in total. The third kappa shape index (κ3) is 7.86. The molecular formula is C35H44FN5O4S. The maximum absolute atomic E-state index is 14.6. The molecule has 46 heavy (non-hydrogen) atoms. The van der Waals surface area contributed by atoms with Gasteiger partial charge in [-0.3, -0.25) is 14.6 Å². The highest BCUT2D eigenvalue weighted by atomic mass is 32.1. The Morgan fingerprint density at radius 1 is 1.02 bits per heavy atom. The van der Waals surface area contributed by atoms with Crippen LogP contribution in [0.3, 0.4) is 0 Å². The molecule has 3 aromatic rings. The van der Waals surface area contributed by atoms with E-state index in [4.69, 9.17) is 6.11 Å². The second kappa shape index (κ2) is 15.3. The first-order valence-corrected chi connectivity index (χ1v) is 17.4. The van der Waals surface area contributed by atoms with Gasteiger partial charge in [0.15, 0.2) is 5.75 Å². The molecular weight excluding hydrogens is 605 g/mol. The van der Waals surface area contributed by atoms with Gasteiger partial charge in [0.25, 0.3) is 0 Å². The molecule has 0 bridgehead atoms. The van der Waals surface area contributed by atoms with E-state index in [0.29, 0.717) is 25.7 Å². The second-order valence-electron chi connectivity index (χ2n) is 12.5. The zero-order chi connectivity index (χ0) is 33.7. The summed E-state index contributed by atoms with van der Waals surface area (Å²) in [7, 11) is 0. The summed E-state index contributed by atoms with van der Waals surface area (Å²) in [5, 5.41) is 8.48. The number of benzene rings is 1. The monoisotopic (exact) mass is 651 g/mol. The van der Waals surface area contributed by atoms with E-state index < -0.39 is 41.8 Å². The van der Waals surface area contributed by atoms with E-state index in [1.807, 2.05) is 17.5 Å². The minimum atomic E-state index is -1.02. The van der Waals surface area contributed by atoms with Crippen molar-refractivity contribution in [3.8, 4) is 5.75 Å². The topological polar surface area (TPSA) is 104 Å². The van der Waals surface area contributed by atoms with Gasteiger partial charge in [0, 0.05) is 38.3 Å². The van der Waals surface area contributed by atoms with Gasteiger partial charge in [-0.15, -0.1) is 11.3 Å². The number of carbonyl (C=O) groups is 3. The fraction of sp³-hybridized carbons (Fsp3) is 0.543. The third-order valence-corrected chi connectivity index (χ3v) is 10.2. The highest BCUT2D eigenvalue weighted by Gasteiger charge is 2.41. The first-order valence-electron chi connectivity index (χ1n) is 17.5. The van der Waals surface area contributed by atoms with Crippen molar-refractivity contribution in [2.45, 2.75) is 95.3 Å². The number of halogens is 1. The van der Waals surface area contributed by atoms with Crippen molar-refractivity contribution in [1.29, 1.82) is 0 Å². The van der Waals surface area contributed by atoms with Crippen molar-refractivity contribution < 1.29 is 26.3 Å². The lowest BCUT2D eigenvalue weighted by Gasteiger charge is -2.42. The molecule has 3 fully saturated rings. The Labute approximate surface area is 276 Å². The first kappa shape index (κ1) is 29.8. The van der Waals surface area contributed by atoms with Gasteiger partial charge in [-0.1, -0.05) is 57.4 Å². The molecule has 0 unspecified atom stereocenters. The van der Waals surface area contributed by atoms with Crippen LogP contribution >= 0.6 is 11.3 Å². The Morgan fingerprint density at radius 3 is 2.57 bits per heavy atom. The molecule has 2 saturated carbocycles. The van der Waals surface area contributed by atoms with E-state index >= 15 is 0 Å². The molecule has 2 atom stereocenters. The van der Waals surface area contributed by atoms with Crippen LogP contribution in [0.15, 0.2) is 48.0 Å². The SMILES string of the molecule is [2H]C1(C[C@H](NC2([2H])CCCCC2)C(=O)N2CCN(C(=O)Oc3ccc(F)c4cccnc34)C[C@H]2C(=O)NCc2cccs2)CCCCC1. The van der Waals surface area contributed by atoms with E-state index in [-0.39, 0.29) is 55.2 Å². The van der Waals surface area contributed by atoms with Crippen LogP contribution in [0.5, 0.6) is 5.75 Å². The number of amides is 3. The Hall–Kier alpha value is -3.57. The quantitative estimate of drug-likeness (QED) is 0.293. The molecule has 1 aliphatic heterocycles. The highest BCUT2D eigenvalue weighted by Crippen LogP contribution is 2.30. The molecule has 6 rings (SSSR count). The van der Waals surface area contributed by atoms with Gasteiger partial charge >= 0.3 is 6.09 Å². The molecule has 3 amide bonds. The summed E-state index contributed by atoms with van der Waals surface area (Å²) in [6.45, 7) is 0.344. The Kier molecular flexibility index (Phi) is 9.94. The number of aromatic nitrogens is 1. The Morgan fingerprint density at radius 2 is 1.80 bits per heavy atom. The van der Waals surface area contributed by atoms with Crippen LogP contribution in [0.4, 0.5) is 9.18 Å². The zero-order valence-corrected chi connectivity index (χ0v) is 27.0. The number of fused-ring (bicyclic) bond motifs is 1. The summed E-state index contributed by atoms with van der Waals surface area (Å²) in [6, 6.07) is 6.73. The van der Waals surface area contributed by atoms with Crippen LogP contribution in [0.2, 0.25) is 0 Å². The molecule has 1 saturated heterocycles. The number of ether oxygens (including phenoxy) is 1. The Bertz CT molecular complexity index is 1570. The summed E-state index contributed by atoms with van der Waals surface area (Å²) in [5.41, 5.74) is 0.206. The smallest absolute Gasteiger partial charge is 0.408 e. The van der Waals surface area contributed by atoms with E-state index in [1.165, 1.54) is 39.5 Å². The van der Waals surface area contributed by atoms with Crippen LogP contribution in [-0.4, -0.2) is 70.4 Å². The average Bonchev–Trinajstić information content (AvgIpc) is 3.62. The van der Waals surface area contributed by atoms with Crippen molar-refractivity contribution in [3.05, 3.63) is 58.7 Å². The number of thiophene rings is 1. The molecule has 2 aliphatic carbocycles. The zero-order valence-electron chi connectivity index (χ0n) is 28.1.